The molecule has 4 aliphatic rings. The number of hydrogen-bond acceptors (Lipinski definition) is 9. The highest BCUT2D eigenvalue weighted by Gasteiger charge is 2.62. The average molecular weight is 694 g/mol. The molecule has 3 saturated carbocycles. The maximum absolute atomic E-state index is 14.3. The van der Waals surface area contributed by atoms with Gasteiger partial charge in [0, 0.05) is 12.5 Å². The van der Waals surface area contributed by atoms with Crippen LogP contribution in [0.3, 0.4) is 0 Å². The summed E-state index contributed by atoms with van der Waals surface area (Å²) in [6, 6.07) is 4.90. The van der Waals surface area contributed by atoms with Crippen molar-refractivity contribution < 1.29 is 40.8 Å². The molecule has 1 aromatic carbocycles. The summed E-state index contributed by atoms with van der Waals surface area (Å²) in [5.41, 5.74) is -2.53. The topological polar surface area (TPSA) is 188 Å². The van der Waals surface area contributed by atoms with Crippen molar-refractivity contribution in [2.75, 3.05) is 13.2 Å². The molecule has 4 amide bonds. The summed E-state index contributed by atoms with van der Waals surface area (Å²) in [6.07, 6.45) is 4.57. The van der Waals surface area contributed by atoms with Gasteiger partial charge in [-0.05, 0) is 62.5 Å². The Labute approximate surface area is 275 Å². The average Bonchev–Trinajstić information content (AvgIpc) is 3.88. The first-order valence-electron chi connectivity index (χ1n) is 15.8. The predicted molar refractivity (Wildman–Crippen MR) is 170 cm³/mol. The first kappa shape index (κ1) is 34.8. The van der Waals surface area contributed by atoms with Crippen molar-refractivity contribution in [2.45, 2.75) is 99.6 Å². The van der Waals surface area contributed by atoms with Gasteiger partial charge in [0.25, 0.3) is 5.91 Å². The maximum Gasteiger partial charge on any atom is 0.408 e. The van der Waals surface area contributed by atoms with E-state index in [1.54, 1.807) is 39.0 Å². The van der Waals surface area contributed by atoms with Crippen LogP contribution in [-0.4, -0.2) is 92.0 Å². The fourth-order valence-electron chi connectivity index (χ4n) is 6.12. The molecule has 1 aliphatic heterocycles. The second-order valence-electron chi connectivity index (χ2n) is 13.9. The van der Waals surface area contributed by atoms with Gasteiger partial charge in [-0.2, -0.15) is 4.31 Å². The van der Waals surface area contributed by atoms with E-state index in [0.29, 0.717) is 25.7 Å². The number of alkyl carbamates (subject to hydrolysis) is 1. The van der Waals surface area contributed by atoms with Gasteiger partial charge >= 0.3 is 6.09 Å². The molecule has 0 unspecified atom stereocenters. The Hall–Kier alpha value is -3.50. The van der Waals surface area contributed by atoms with Gasteiger partial charge in [0.05, 0.1) is 16.8 Å². The zero-order chi connectivity index (χ0) is 34.4. The minimum absolute atomic E-state index is 0.0471. The lowest BCUT2D eigenvalue weighted by Crippen LogP contribution is -2.60. The smallest absolute Gasteiger partial charge is 0.408 e. The molecule has 0 aromatic heterocycles. The van der Waals surface area contributed by atoms with Crippen molar-refractivity contribution in [3.05, 3.63) is 43.0 Å². The Morgan fingerprint density at radius 2 is 1.66 bits per heavy atom. The lowest BCUT2D eigenvalue weighted by Gasteiger charge is -2.35. The molecule has 3 N–H and O–H groups in total. The number of ether oxygens (including phenoxy) is 1. The van der Waals surface area contributed by atoms with Crippen LogP contribution in [0.5, 0.6) is 0 Å². The Kier molecular flexibility index (Phi) is 9.51. The van der Waals surface area contributed by atoms with Gasteiger partial charge < -0.3 is 20.3 Å². The Morgan fingerprint density at radius 3 is 2.21 bits per heavy atom. The fourth-order valence-corrected chi connectivity index (χ4v) is 8.90. The van der Waals surface area contributed by atoms with E-state index in [9.17, 15) is 36.0 Å². The molecule has 16 heteroatoms. The van der Waals surface area contributed by atoms with E-state index >= 15 is 0 Å². The molecule has 0 bridgehead atoms. The van der Waals surface area contributed by atoms with Crippen molar-refractivity contribution in [3.8, 4) is 0 Å². The van der Waals surface area contributed by atoms with Crippen LogP contribution in [0.2, 0.25) is 0 Å². The molecule has 14 nitrogen and oxygen atoms in total. The van der Waals surface area contributed by atoms with Crippen LogP contribution in [-0.2, 0) is 39.2 Å². The summed E-state index contributed by atoms with van der Waals surface area (Å²) in [7, 11) is -8.12. The minimum atomic E-state index is -4.19. The largest absolute Gasteiger partial charge is 0.446 e. The minimum Gasteiger partial charge on any atom is -0.446 e. The summed E-state index contributed by atoms with van der Waals surface area (Å²) < 4.78 is 61.1. The van der Waals surface area contributed by atoms with Gasteiger partial charge in [-0.15, -0.1) is 6.58 Å². The van der Waals surface area contributed by atoms with Crippen LogP contribution in [0.1, 0.15) is 65.7 Å². The zero-order valence-electron chi connectivity index (χ0n) is 26.8. The van der Waals surface area contributed by atoms with Gasteiger partial charge in [0.1, 0.15) is 23.7 Å². The highest BCUT2D eigenvalue weighted by atomic mass is 32.2. The van der Waals surface area contributed by atoms with E-state index in [2.05, 4.69) is 21.9 Å². The molecule has 47 heavy (non-hydrogen) atoms. The van der Waals surface area contributed by atoms with Crippen LogP contribution in [0.15, 0.2) is 47.9 Å². The van der Waals surface area contributed by atoms with Gasteiger partial charge in [-0.1, -0.05) is 45.0 Å². The van der Waals surface area contributed by atoms with Gasteiger partial charge in [0.2, 0.25) is 31.9 Å². The molecule has 258 valence electrons. The molecule has 1 aromatic rings. The molecule has 5 rings (SSSR count). The number of amides is 4. The highest BCUT2D eigenvalue weighted by molar-refractivity contribution is 7.91. The third kappa shape index (κ3) is 7.33. The monoisotopic (exact) mass is 693 g/mol. The lowest BCUT2D eigenvalue weighted by molar-refractivity contribution is -0.142. The van der Waals surface area contributed by atoms with E-state index in [1.807, 2.05) is 0 Å². The summed E-state index contributed by atoms with van der Waals surface area (Å²) >= 11 is 0. The molecule has 3 aliphatic carbocycles. The zero-order valence-corrected chi connectivity index (χ0v) is 28.4. The first-order valence-corrected chi connectivity index (χ1v) is 18.8. The third-order valence-corrected chi connectivity index (χ3v) is 12.9. The molecule has 4 atom stereocenters. The summed E-state index contributed by atoms with van der Waals surface area (Å²) in [4.78, 5) is 55.6. The van der Waals surface area contributed by atoms with E-state index in [4.69, 9.17) is 4.74 Å². The van der Waals surface area contributed by atoms with Crippen LogP contribution in [0.25, 0.3) is 0 Å². The van der Waals surface area contributed by atoms with E-state index in [1.165, 1.54) is 18.2 Å². The summed E-state index contributed by atoms with van der Waals surface area (Å²) in [5, 5.41) is 4.61. The Balaban J connectivity index is 1.43. The number of benzene rings is 1. The molecule has 4 fully saturated rings. The molecule has 0 radical (unpaired) electrons. The molecular weight excluding hydrogens is 651 g/mol. The normalized spacial score (nSPS) is 25.9. The summed E-state index contributed by atoms with van der Waals surface area (Å²) in [5.74, 6) is -3.09. The second kappa shape index (κ2) is 12.8. The van der Waals surface area contributed by atoms with Gasteiger partial charge in [-0.3, -0.25) is 19.1 Å². The quantitative estimate of drug-likeness (QED) is 0.289. The Bertz CT molecular complexity index is 1630. The summed E-state index contributed by atoms with van der Waals surface area (Å²) in [6.45, 7) is 7.88. The molecule has 1 heterocycles. The van der Waals surface area contributed by atoms with Crippen LogP contribution in [0, 0.1) is 11.3 Å². The fraction of sp³-hybridized carbons (Fsp3) is 0.613. The number of hydrogen-bond donors (Lipinski definition) is 3. The van der Waals surface area contributed by atoms with Crippen molar-refractivity contribution in [2.24, 2.45) is 11.3 Å². The highest BCUT2D eigenvalue weighted by Crippen LogP contribution is 2.45. The third-order valence-electron chi connectivity index (χ3n) is 9.23. The van der Waals surface area contributed by atoms with Crippen molar-refractivity contribution in [1.82, 2.24) is 24.6 Å². The SMILES string of the molecule is C=C[C@@H]1C[C@]1(NC(=O)[C@@H]1CN(S(=O)(=O)c2ccccc2)CN1C(=O)[C@@H](NC(=O)OC1CCCC1)C(C)(C)C)C(=O)NS(=O)(=O)C1CC1. The standard InChI is InChI=1S/C31H43N5O9S2/c1-5-20-17-31(20,28(39)34-46(41,42)22-15-16-22)33-26(37)24-18-35(47(43,44)23-13-7-6-8-14-23)19-36(24)27(38)25(30(2,3)4)32-29(40)45-21-11-9-10-12-21/h5-8,13-14,20-22,24-25H,1,9-12,15-19H2,2-4H3,(H,32,40)(H,33,37)(H,34,39)/t20-,24+,25-,31-/m1/s1. The van der Waals surface area contributed by atoms with E-state index < -0.39 is 91.3 Å². The van der Waals surface area contributed by atoms with Crippen molar-refractivity contribution in [3.63, 3.8) is 0 Å². The van der Waals surface area contributed by atoms with E-state index in [-0.39, 0.29) is 17.4 Å². The maximum atomic E-state index is 14.3. The lowest BCUT2D eigenvalue weighted by atomic mass is 9.85. The number of nitrogens with one attached hydrogen (secondary N) is 3. The van der Waals surface area contributed by atoms with E-state index in [0.717, 1.165) is 22.0 Å². The van der Waals surface area contributed by atoms with Gasteiger partial charge in [-0.25, -0.2) is 21.6 Å². The van der Waals surface area contributed by atoms with Crippen LogP contribution >= 0.6 is 0 Å². The molecule has 1 saturated heterocycles. The molecular formula is C31H43N5O9S2. The number of sulfonamides is 2. The number of nitrogens with zero attached hydrogens (tertiary/aromatic N) is 2. The van der Waals surface area contributed by atoms with Crippen molar-refractivity contribution in [1.29, 1.82) is 0 Å². The molecule has 0 spiro atoms. The number of carbonyl (C=O) groups is 4. The predicted octanol–water partition coefficient (Wildman–Crippen LogP) is 1.60. The Morgan fingerprint density at radius 1 is 1.02 bits per heavy atom. The van der Waals surface area contributed by atoms with Gasteiger partial charge in [0.15, 0.2) is 0 Å². The van der Waals surface area contributed by atoms with Crippen LogP contribution < -0.4 is 15.4 Å². The number of carbonyl (C=O) groups excluding carboxylic acids is 4. The van der Waals surface area contributed by atoms with Crippen LogP contribution in [0.4, 0.5) is 4.79 Å². The second-order valence-corrected chi connectivity index (χ2v) is 17.8. The number of rotatable bonds is 11. The van der Waals surface area contributed by atoms with Crippen molar-refractivity contribution >= 4 is 43.9 Å². The first-order chi connectivity index (χ1) is 22.0.